The van der Waals surface area contributed by atoms with Crippen molar-refractivity contribution in [3.05, 3.63) is 0 Å². The van der Waals surface area contributed by atoms with Crippen molar-refractivity contribution < 1.29 is 16.5 Å². The zero-order chi connectivity index (χ0) is 10.9. The van der Waals surface area contributed by atoms with Gasteiger partial charge in [-0.2, -0.15) is 0 Å². The quantitative estimate of drug-likeness (QED) is 0.262. The van der Waals surface area contributed by atoms with Crippen LogP contribution in [0.15, 0.2) is 4.99 Å². The summed E-state index contributed by atoms with van der Waals surface area (Å²) in [5.41, 5.74) is 10.4. The fraction of sp³-hybridized carbons (Fsp3) is 0.750. The van der Waals surface area contributed by atoms with E-state index in [0.717, 1.165) is 12.5 Å². The number of aliphatic imine (C=N–C) groups is 1. The topological polar surface area (TPSA) is 101 Å². The van der Waals surface area contributed by atoms with Crippen molar-refractivity contribution in [3.8, 4) is 0 Å². The average Bonchev–Trinajstić information content (AvgIpc) is 2.14. The van der Waals surface area contributed by atoms with Crippen molar-refractivity contribution in [2.24, 2.45) is 16.5 Å². The Morgan fingerprint density at radius 1 is 1.13 bits per heavy atom. The molecular formula is C4H10N3O4Si4. The average molecular weight is 276 g/mol. The van der Waals surface area contributed by atoms with Crippen LogP contribution in [0.4, 0.5) is 0 Å². The lowest BCUT2D eigenvalue weighted by Crippen LogP contribution is -2.33. The third-order valence-electron chi connectivity index (χ3n) is 1.31. The minimum absolute atomic E-state index is 0.00472. The van der Waals surface area contributed by atoms with E-state index in [9.17, 15) is 0 Å². The van der Waals surface area contributed by atoms with Gasteiger partial charge in [0.1, 0.15) is 0 Å². The number of nitrogens with two attached hydrogens (primary N) is 2. The third-order valence-corrected chi connectivity index (χ3v) is 5.89. The highest BCUT2D eigenvalue weighted by Gasteiger charge is 2.19. The molecule has 0 bridgehead atoms. The van der Waals surface area contributed by atoms with E-state index in [1.54, 1.807) is 0 Å². The summed E-state index contributed by atoms with van der Waals surface area (Å²) in [6.07, 6.45) is 0.837. The molecule has 0 amide bonds. The lowest BCUT2D eigenvalue weighted by Gasteiger charge is -2.15. The molecule has 0 saturated carbocycles. The lowest BCUT2D eigenvalue weighted by molar-refractivity contribution is 0.327. The van der Waals surface area contributed by atoms with Crippen LogP contribution in [-0.4, -0.2) is 51.8 Å². The number of hydrogen-bond donors (Lipinski definition) is 2. The van der Waals surface area contributed by atoms with Gasteiger partial charge in [0.05, 0.1) is 0 Å². The van der Waals surface area contributed by atoms with Crippen molar-refractivity contribution in [1.29, 1.82) is 0 Å². The molecule has 1 aliphatic rings. The summed E-state index contributed by atoms with van der Waals surface area (Å²) in [7, 11) is -1.25. The monoisotopic (exact) mass is 276 g/mol. The maximum absolute atomic E-state index is 5.40. The van der Waals surface area contributed by atoms with E-state index in [2.05, 4.69) is 4.99 Å². The molecule has 1 aliphatic heterocycles. The zero-order valence-electron chi connectivity index (χ0n) is 7.86. The summed E-state index contributed by atoms with van der Waals surface area (Å²) in [5.74, 6) is 0.114. The number of guanidine groups is 1. The van der Waals surface area contributed by atoms with Gasteiger partial charge < -0.3 is 27.9 Å². The first-order valence-corrected chi connectivity index (χ1v) is 8.08. The van der Waals surface area contributed by atoms with Gasteiger partial charge in [-0.3, -0.25) is 4.99 Å². The van der Waals surface area contributed by atoms with E-state index in [1.165, 1.54) is 0 Å². The Morgan fingerprint density at radius 2 is 1.80 bits per heavy atom. The zero-order valence-corrected chi connectivity index (χ0v) is 11.9. The van der Waals surface area contributed by atoms with Gasteiger partial charge >= 0.3 is 39.3 Å². The van der Waals surface area contributed by atoms with Crippen LogP contribution < -0.4 is 11.5 Å². The van der Waals surface area contributed by atoms with Crippen molar-refractivity contribution in [1.82, 2.24) is 0 Å². The highest BCUT2D eigenvalue weighted by Crippen LogP contribution is 2.02. The fourth-order valence-corrected chi connectivity index (χ4v) is 5.19. The molecule has 0 aromatic rings. The van der Waals surface area contributed by atoms with Crippen LogP contribution in [0, 0.1) is 0 Å². The fourth-order valence-electron chi connectivity index (χ4n) is 0.744. The molecular weight excluding hydrogens is 266 g/mol. The van der Waals surface area contributed by atoms with E-state index in [0.29, 0.717) is 6.54 Å². The normalized spacial score (nSPS) is 19.2. The molecule has 0 aliphatic carbocycles. The van der Waals surface area contributed by atoms with Gasteiger partial charge in [0, 0.05) is 6.54 Å². The Labute approximate surface area is 97.5 Å². The van der Waals surface area contributed by atoms with Gasteiger partial charge in [-0.15, -0.1) is 0 Å². The second-order valence-electron chi connectivity index (χ2n) is 2.44. The van der Waals surface area contributed by atoms with Gasteiger partial charge in [-0.05, 0) is 12.5 Å². The summed E-state index contributed by atoms with van der Waals surface area (Å²) in [5, 5.41) is 0. The first-order valence-electron chi connectivity index (χ1n) is 4.10. The standard InChI is InChI=1S/C4H10N3O4Si4/c5-4(6)7-2-1-3-15-10-13-8-12-9-14-11-15/h1-3H2,(H4,5,6,7). The Morgan fingerprint density at radius 3 is 2.40 bits per heavy atom. The van der Waals surface area contributed by atoms with Gasteiger partial charge in [0.2, 0.25) is 0 Å². The summed E-state index contributed by atoms with van der Waals surface area (Å²) >= 11 is 0. The van der Waals surface area contributed by atoms with Crippen LogP contribution in [0.25, 0.3) is 0 Å². The van der Waals surface area contributed by atoms with Crippen molar-refractivity contribution in [3.63, 3.8) is 0 Å². The van der Waals surface area contributed by atoms with Crippen LogP contribution in [-0.2, 0) is 16.5 Å². The molecule has 1 rings (SSSR count). The molecule has 15 heavy (non-hydrogen) atoms. The smallest absolute Gasteiger partial charge is 0.412 e. The maximum Gasteiger partial charge on any atom is 0.412 e. The Hall–Kier alpha value is -0.0225. The van der Waals surface area contributed by atoms with E-state index < -0.39 is 9.28 Å². The number of nitrogens with zero attached hydrogens (tertiary/aromatic N) is 1. The second-order valence-corrected chi connectivity index (χ2v) is 7.45. The maximum atomic E-state index is 5.40. The molecule has 1 heterocycles. The first-order chi connectivity index (χ1) is 7.29. The van der Waals surface area contributed by atoms with E-state index >= 15 is 0 Å². The predicted molar refractivity (Wildman–Crippen MR) is 57.5 cm³/mol. The molecule has 0 atom stereocenters. The Kier molecular flexibility index (Phi) is 7.10. The molecule has 0 aromatic carbocycles. The van der Waals surface area contributed by atoms with E-state index in [1.807, 2.05) is 0 Å². The predicted octanol–water partition coefficient (Wildman–Crippen LogP) is -2.18. The number of hydrogen-bond acceptors (Lipinski definition) is 5. The van der Waals surface area contributed by atoms with Crippen LogP contribution in [0.1, 0.15) is 6.42 Å². The van der Waals surface area contributed by atoms with Gasteiger partial charge in [-0.25, -0.2) is 0 Å². The summed E-state index contributed by atoms with van der Waals surface area (Å²) < 4.78 is 20.9. The van der Waals surface area contributed by atoms with E-state index in [-0.39, 0.29) is 36.0 Å². The Bertz CT molecular complexity index is 196. The van der Waals surface area contributed by atoms with Crippen LogP contribution in [0.2, 0.25) is 6.04 Å². The first kappa shape index (κ1) is 13.0. The van der Waals surface area contributed by atoms with E-state index in [4.69, 9.17) is 27.9 Å². The number of rotatable bonds is 4. The summed E-state index contributed by atoms with van der Waals surface area (Å²) in [6, 6.07) is 0.817. The molecule has 11 heteroatoms. The third kappa shape index (κ3) is 6.96. The highest BCUT2D eigenvalue weighted by atomic mass is 28.4. The minimum Gasteiger partial charge on any atom is -0.413 e. The highest BCUT2D eigenvalue weighted by molar-refractivity contribution is 6.59. The van der Waals surface area contributed by atoms with Crippen molar-refractivity contribution in [2.45, 2.75) is 12.5 Å². The Balaban J connectivity index is 2.10. The molecule has 0 unspecified atom stereocenters. The van der Waals surface area contributed by atoms with Crippen molar-refractivity contribution in [2.75, 3.05) is 6.54 Å². The van der Waals surface area contributed by atoms with Gasteiger partial charge in [-0.1, -0.05) is 0 Å². The summed E-state index contributed by atoms with van der Waals surface area (Å²) in [4.78, 5) is 3.87. The minimum atomic E-state index is -1.28. The van der Waals surface area contributed by atoms with Gasteiger partial charge in [0.25, 0.3) is 0 Å². The SMILES string of the molecule is NC(N)=NCCC[Si]1O[Si]O[Si]O[Si]O1. The molecule has 0 spiro atoms. The van der Waals surface area contributed by atoms with Crippen LogP contribution in [0.3, 0.4) is 0 Å². The molecule has 1 saturated heterocycles. The van der Waals surface area contributed by atoms with Crippen LogP contribution >= 0.6 is 0 Å². The summed E-state index contributed by atoms with van der Waals surface area (Å²) in [6.45, 7) is 0.596. The largest absolute Gasteiger partial charge is 0.413 e. The molecule has 1 fully saturated rings. The van der Waals surface area contributed by atoms with Crippen molar-refractivity contribution >= 4 is 45.3 Å². The molecule has 7 nitrogen and oxygen atoms in total. The second kappa shape index (κ2) is 8.17. The molecule has 0 aromatic heterocycles. The van der Waals surface area contributed by atoms with Gasteiger partial charge in [0.15, 0.2) is 5.96 Å². The molecule has 81 valence electrons. The van der Waals surface area contributed by atoms with Crippen LogP contribution in [0.5, 0.6) is 0 Å². The lowest BCUT2D eigenvalue weighted by atomic mass is 10.5. The molecule has 4 N–H and O–H groups in total. The molecule has 7 radical (unpaired) electrons.